The van der Waals surface area contributed by atoms with Crippen LogP contribution in [0.5, 0.6) is 11.5 Å². The lowest BCUT2D eigenvalue weighted by Crippen LogP contribution is -2.36. The van der Waals surface area contributed by atoms with Crippen molar-refractivity contribution in [3.8, 4) is 11.5 Å². The van der Waals surface area contributed by atoms with Gasteiger partial charge in [-0.2, -0.15) is 0 Å². The molecule has 0 aliphatic heterocycles. The van der Waals surface area contributed by atoms with E-state index in [0.717, 1.165) is 36.0 Å². The number of aliphatic hydroxyl groups excluding tert-OH is 1. The largest absolute Gasteiger partial charge is 0.493 e. The van der Waals surface area contributed by atoms with Crippen LogP contribution in [-0.2, 0) is 6.54 Å². The standard InChI is InChI=1S/C16H26BrNO3/c1-5-16(6-2,11-19)10-18-9-12-7-13(17)15(21-4)14(8-12)20-3/h7-8,18-19H,5-6,9-11H2,1-4H3. The molecular formula is C16H26BrNO3. The van der Waals surface area contributed by atoms with Crippen LogP contribution in [0, 0.1) is 5.41 Å². The van der Waals surface area contributed by atoms with E-state index in [-0.39, 0.29) is 12.0 Å². The van der Waals surface area contributed by atoms with Crippen LogP contribution in [0.3, 0.4) is 0 Å². The summed E-state index contributed by atoms with van der Waals surface area (Å²) in [6.07, 6.45) is 1.92. The molecule has 0 radical (unpaired) electrons. The summed E-state index contributed by atoms with van der Waals surface area (Å²) in [5.41, 5.74) is 1.08. The molecule has 0 aliphatic rings. The van der Waals surface area contributed by atoms with Gasteiger partial charge < -0.3 is 19.9 Å². The van der Waals surface area contributed by atoms with E-state index < -0.39 is 0 Å². The maximum absolute atomic E-state index is 9.58. The Bertz CT molecular complexity index is 439. The van der Waals surface area contributed by atoms with Crippen LogP contribution in [0.25, 0.3) is 0 Å². The molecule has 0 spiro atoms. The Morgan fingerprint density at radius 2 is 1.86 bits per heavy atom. The van der Waals surface area contributed by atoms with Gasteiger partial charge in [-0.1, -0.05) is 13.8 Å². The van der Waals surface area contributed by atoms with E-state index >= 15 is 0 Å². The average Bonchev–Trinajstić information content (AvgIpc) is 2.51. The van der Waals surface area contributed by atoms with Crippen molar-refractivity contribution in [1.82, 2.24) is 5.32 Å². The van der Waals surface area contributed by atoms with Crippen LogP contribution in [0.1, 0.15) is 32.3 Å². The van der Waals surface area contributed by atoms with Crippen molar-refractivity contribution in [1.29, 1.82) is 0 Å². The third kappa shape index (κ3) is 4.59. The summed E-state index contributed by atoms with van der Waals surface area (Å²) >= 11 is 3.50. The predicted octanol–water partition coefficient (Wildman–Crippen LogP) is 3.35. The first kappa shape index (κ1) is 18.3. The molecule has 0 unspecified atom stereocenters. The molecule has 1 aromatic rings. The zero-order valence-electron chi connectivity index (χ0n) is 13.3. The normalized spacial score (nSPS) is 11.5. The minimum atomic E-state index is -0.0339. The van der Waals surface area contributed by atoms with E-state index in [1.807, 2.05) is 12.1 Å². The first-order chi connectivity index (χ1) is 10.1. The smallest absolute Gasteiger partial charge is 0.174 e. The highest BCUT2D eigenvalue weighted by atomic mass is 79.9. The van der Waals surface area contributed by atoms with Gasteiger partial charge in [0.1, 0.15) is 0 Å². The van der Waals surface area contributed by atoms with Crippen molar-refractivity contribution < 1.29 is 14.6 Å². The zero-order chi connectivity index (χ0) is 15.9. The predicted molar refractivity (Wildman–Crippen MR) is 89.1 cm³/mol. The van der Waals surface area contributed by atoms with Gasteiger partial charge in [0, 0.05) is 25.1 Å². The molecule has 1 rings (SSSR count). The summed E-state index contributed by atoms with van der Waals surface area (Å²) in [4.78, 5) is 0. The molecule has 0 aliphatic carbocycles. The molecule has 1 aromatic carbocycles. The number of hydrogen-bond donors (Lipinski definition) is 2. The Hall–Kier alpha value is -0.780. The second kappa shape index (κ2) is 8.61. The van der Waals surface area contributed by atoms with Crippen molar-refractivity contribution >= 4 is 15.9 Å². The molecule has 0 heterocycles. The third-order valence-corrected chi connectivity index (χ3v) is 4.75. The molecular weight excluding hydrogens is 334 g/mol. The minimum Gasteiger partial charge on any atom is -0.493 e. The lowest BCUT2D eigenvalue weighted by atomic mass is 9.83. The number of nitrogens with one attached hydrogen (secondary N) is 1. The first-order valence-electron chi connectivity index (χ1n) is 7.27. The van der Waals surface area contributed by atoms with Gasteiger partial charge in [-0.05, 0) is 46.5 Å². The highest BCUT2D eigenvalue weighted by Gasteiger charge is 2.24. The van der Waals surface area contributed by atoms with Gasteiger partial charge in [-0.3, -0.25) is 0 Å². The molecule has 5 heteroatoms. The molecule has 120 valence electrons. The van der Waals surface area contributed by atoms with Gasteiger partial charge in [-0.25, -0.2) is 0 Å². The van der Waals surface area contributed by atoms with Gasteiger partial charge in [0.2, 0.25) is 0 Å². The van der Waals surface area contributed by atoms with Gasteiger partial charge in [0.25, 0.3) is 0 Å². The summed E-state index contributed by atoms with van der Waals surface area (Å²) in [5, 5.41) is 13.0. The molecule has 0 saturated heterocycles. The summed E-state index contributed by atoms with van der Waals surface area (Å²) in [5.74, 6) is 1.41. The maximum atomic E-state index is 9.58. The molecule has 0 aromatic heterocycles. The summed E-state index contributed by atoms with van der Waals surface area (Å²) in [7, 11) is 3.26. The van der Waals surface area contributed by atoms with Crippen LogP contribution in [0.15, 0.2) is 16.6 Å². The minimum absolute atomic E-state index is 0.0339. The average molecular weight is 360 g/mol. The van der Waals surface area contributed by atoms with Crippen molar-refractivity contribution in [3.05, 3.63) is 22.2 Å². The Morgan fingerprint density at radius 3 is 2.33 bits per heavy atom. The van der Waals surface area contributed by atoms with Crippen molar-refractivity contribution in [2.45, 2.75) is 33.2 Å². The second-order valence-electron chi connectivity index (χ2n) is 5.28. The van der Waals surface area contributed by atoms with E-state index in [9.17, 15) is 5.11 Å². The van der Waals surface area contributed by atoms with Gasteiger partial charge in [0.05, 0.1) is 18.7 Å². The maximum Gasteiger partial charge on any atom is 0.174 e. The van der Waals surface area contributed by atoms with Gasteiger partial charge in [0.15, 0.2) is 11.5 Å². The van der Waals surface area contributed by atoms with Crippen molar-refractivity contribution in [2.75, 3.05) is 27.4 Å². The number of methoxy groups -OCH3 is 2. The second-order valence-corrected chi connectivity index (χ2v) is 6.14. The molecule has 4 nitrogen and oxygen atoms in total. The number of halogens is 1. The van der Waals surface area contributed by atoms with E-state index in [0.29, 0.717) is 11.5 Å². The fourth-order valence-electron chi connectivity index (χ4n) is 2.32. The fraction of sp³-hybridized carbons (Fsp3) is 0.625. The van der Waals surface area contributed by atoms with E-state index in [2.05, 4.69) is 35.1 Å². The zero-order valence-corrected chi connectivity index (χ0v) is 14.9. The molecule has 21 heavy (non-hydrogen) atoms. The number of aliphatic hydroxyl groups is 1. The van der Waals surface area contributed by atoms with Crippen molar-refractivity contribution in [3.63, 3.8) is 0 Å². The number of benzene rings is 1. The number of rotatable bonds is 9. The molecule has 2 N–H and O–H groups in total. The summed E-state index contributed by atoms with van der Waals surface area (Å²) in [6.45, 7) is 5.97. The highest BCUT2D eigenvalue weighted by molar-refractivity contribution is 9.10. The first-order valence-corrected chi connectivity index (χ1v) is 8.07. The number of hydrogen-bond acceptors (Lipinski definition) is 4. The van der Waals surface area contributed by atoms with Gasteiger partial charge in [-0.15, -0.1) is 0 Å². The Kier molecular flexibility index (Phi) is 7.49. The molecule has 0 amide bonds. The summed E-state index contributed by atoms with van der Waals surface area (Å²) in [6, 6.07) is 3.99. The van der Waals surface area contributed by atoms with Crippen LogP contribution in [-0.4, -0.2) is 32.5 Å². The lowest BCUT2D eigenvalue weighted by molar-refractivity contribution is 0.113. The molecule has 0 fully saturated rings. The lowest BCUT2D eigenvalue weighted by Gasteiger charge is -2.29. The highest BCUT2D eigenvalue weighted by Crippen LogP contribution is 2.36. The third-order valence-electron chi connectivity index (χ3n) is 4.16. The fourth-order valence-corrected chi connectivity index (χ4v) is 2.98. The Labute approximate surface area is 136 Å². The van der Waals surface area contributed by atoms with E-state index in [1.165, 1.54) is 0 Å². The SMILES string of the molecule is CCC(CC)(CO)CNCc1cc(Br)c(OC)c(OC)c1. The van der Waals surface area contributed by atoms with Crippen LogP contribution >= 0.6 is 15.9 Å². The van der Waals surface area contributed by atoms with Crippen molar-refractivity contribution in [2.24, 2.45) is 5.41 Å². The van der Waals surface area contributed by atoms with Gasteiger partial charge >= 0.3 is 0 Å². The Balaban J connectivity index is 2.74. The summed E-state index contributed by atoms with van der Waals surface area (Å²) < 4.78 is 11.5. The molecule has 0 bridgehead atoms. The molecule has 0 saturated carbocycles. The molecule has 0 atom stereocenters. The number of ether oxygens (including phenoxy) is 2. The van der Waals surface area contributed by atoms with E-state index in [4.69, 9.17) is 9.47 Å². The topological polar surface area (TPSA) is 50.7 Å². The van der Waals surface area contributed by atoms with Crippen LogP contribution < -0.4 is 14.8 Å². The van der Waals surface area contributed by atoms with Crippen LogP contribution in [0.2, 0.25) is 0 Å². The van der Waals surface area contributed by atoms with E-state index in [1.54, 1.807) is 14.2 Å². The Morgan fingerprint density at radius 1 is 1.19 bits per heavy atom. The quantitative estimate of drug-likeness (QED) is 0.709. The monoisotopic (exact) mass is 359 g/mol. The van der Waals surface area contributed by atoms with Crippen LogP contribution in [0.4, 0.5) is 0 Å².